The number of nitrogens with zero attached hydrogens (tertiary/aromatic N) is 4. The SMILES string of the molecule is Cc1nnc(N2CCC[C@]3(CN(C(=O)CO)CCO3)C2)o1. The summed E-state index contributed by atoms with van der Waals surface area (Å²) in [5.74, 6) is 0.287. The highest BCUT2D eigenvalue weighted by Gasteiger charge is 2.42. The van der Waals surface area contributed by atoms with Gasteiger partial charge in [0.05, 0.1) is 19.7 Å². The van der Waals surface area contributed by atoms with Crippen LogP contribution in [0.4, 0.5) is 6.01 Å². The number of ether oxygens (including phenoxy) is 1. The minimum atomic E-state index is -0.456. The standard InChI is InChI=1S/C13H20N4O4/c1-10-14-15-12(21-10)17-4-2-3-13(9-17)8-16(5-6-20-13)11(19)7-18/h18H,2-9H2,1H3/t13-/m0/s1. The van der Waals surface area contributed by atoms with Crippen molar-refractivity contribution in [2.45, 2.75) is 25.4 Å². The number of morpholine rings is 1. The number of aryl methyl sites for hydroxylation is 1. The first-order valence-electron chi connectivity index (χ1n) is 7.19. The first kappa shape index (κ1) is 14.3. The maximum absolute atomic E-state index is 11.7. The first-order valence-corrected chi connectivity index (χ1v) is 7.19. The molecule has 0 unspecified atom stereocenters. The molecule has 21 heavy (non-hydrogen) atoms. The number of aliphatic hydroxyl groups excluding tert-OH is 1. The molecule has 2 aliphatic rings. The molecule has 1 aromatic rings. The van der Waals surface area contributed by atoms with Crippen LogP contribution in [0.25, 0.3) is 0 Å². The lowest BCUT2D eigenvalue weighted by atomic mass is 9.91. The Morgan fingerprint density at radius 2 is 2.24 bits per heavy atom. The highest BCUT2D eigenvalue weighted by molar-refractivity contribution is 5.77. The van der Waals surface area contributed by atoms with E-state index >= 15 is 0 Å². The van der Waals surface area contributed by atoms with Crippen LogP contribution in [0, 0.1) is 6.92 Å². The van der Waals surface area contributed by atoms with Crippen molar-refractivity contribution in [3.8, 4) is 0 Å². The largest absolute Gasteiger partial charge is 0.408 e. The van der Waals surface area contributed by atoms with E-state index in [1.54, 1.807) is 11.8 Å². The van der Waals surface area contributed by atoms with Crippen LogP contribution >= 0.6 is 0 Å². The molecule has 8 heteroatoms. The number of piperidine rings is 1. The molecule has 0 aromatic carbocycles. The zero-order valence-corrected chi connectivity index (χ0v) is 12.1. The predicted octanol–water partition coefficient (Wildman–Crippen LogP) is -0.432. The molecule has 8 nitrogen and oxygen atoms in total. The quantitative estimate of drug-likeness (QED) is 0.791. The molecule has 3 rings (SSSR count). The van der Waals surface area contributed by atoms with Gasteiger partial charge in [0.1, 0.15) is 12.2 Å². The molecule has 2 aliphatic heterocycles. The summed E-state index contributed by atoms with van der Waals surface area (Å²) in [6.45, 7) is 4.27. The van der Waals surface area contributed by atoms with E-state index < -0.39 is 12.2 Å². The van der Waals surface area contributed by atoms with Crippen LogP contribution in [0.1, 0.15) is 18.7 Å². The predicted molar refractivity (Wildman–Crippen MR) is 72.8 cm³/mol. The van der Waals surface area contributed by atoms with Gasteiger partial charge in [0, 0.05) is 20.0 Å². The Morgan fingerprint density at radius 1 is 1.38 bits per heavy atom. The Labute approximate surface area is 122 Å². The third-order valence-electron chi connectivity index (χ3n) is 4.06. The molecule has 0 saturated carbocycles. The number of anilines is 1. The zero-order chi connectivity index (χ0) is 14.9. The van der Waals surface area contributed by atoms with Crippen LogP contribution in [0.3, 0.4) is 0 Å². The summed E-state index contributed by atoms with van der Waals surface area (Å²) < 4.78 is 11.5. The van der Waals surface area contributed by atoms with Crippen LogP contribution < -0.4 is 4.90 Å². The molecule has 0 aliphatic carbocycles. The van der Waals surface area contributed by atoms with Crippen molar-refractivity contribution in [1.82, 2.24) is 15.1 Å². The van der Waals surface area contributed by atoms with Gasteiger partial charge in [-0.1, -0.05) is 5.10 Å². The van der Waals surface area contributed by atoms with Gasteiger partial charge in [-0.25, -0.2) is 0 Å². The molecule has 0 radical (unpaired) electrons. The van der Waals surface area contributed by atoms with Crippen LogP contribution in [0.2, 0.25) is 0 Å². The molecule has 1 spiro atoms. The lowest BCUT2D eigenvalue weighted by molar-refractivity contribution is -0.154. The number of carbonyl (C=O) groups is 1. The molecule has 2 saturated heterocycles. The summed E-state index contributed by atoms with van der Waals surface area (Å²) in [7, 11) is 0. The topological polar surface area (TPSA) is 91.9 Å². The van der Waals surface area contributed by atoms with Crippen molar-refractivity contribution in [3.05, 3.63) is 5.89 Å². The number of aliphatic hydroxyl groups is 1. The van der Waals surface area contributed by atoms with Crippen molar-refractivity contribution >= 4 is 11.9 Å². The van der Waals surface area contributed by atoms with Crippen LogP contribution in [0.5, 0.6) is 0 Å². The Morgan fingerprint density at radius 3 is 2.95 bits per heavy atom. The Bertz CT molecular complexity index is 516. The maximum atomic E-state index is 11.7. The number of hydrogen-bond donors (Lipinski definition) is 1. The summed E-state index contributed by atoms with van der Waals surface area (Å²) in [5.41, 5.74) is -0.413. The van der Waals surface area contributed by atoms with E-state index in [0.29, 0.717) is 38.1 Å². The highest BCUT2D eigenvalue weighted by Crippen LogP contribution is 2.31. The van der Waals surface area contributed by atoms with Crippen molar-refractivity contribution in [1.29, 1.82) is 0 Å². The van der Waals surface area contributed by atoms with E-state index in [0.717, 1.165) is 19.4 Å². The molecule has 1 amide bonds. The second-order valence-electron chi connectivity index (χ2n) is 5.63. The fraction of sp³-hybridized carbons (Fsp3) is 0.769. The number of rotatable bonds is 2. The fourth-order valence-corrected chi connectivity index (χ4v) is 3.08. The van der Waals surface area contributed by atoms with Crippen molar-refractivity contribution in [2.75, 3.05) is 44.3 Å². The van der Waals surface area contributed by atoms with E-state index in [2.05, 4.69) is 10.2 Å². The van der Waals surface area contributed by atoms with Crippen LogP contribution in [-0.4, -0.2) is 71.1 Å². The molecule has 116 valence electrons. The molecule has 1 aromatic heterocycles. The van der Waals surface area contributed by atoms with Gasteiger partial charge in [0.15, 0.2) is 0 Å². The van der Waals surface area contributed by atoms with Gasteiger partial charge < -0.3 is 24.1 Å². The minimum absolute atomic E-state index is 0.247. The van der Waals surface area contributed by atoms with Gasteiger partial charge in [-0.2, -0.15) is 0 Å². The van der Waals surface area contributed by atoms with Gasteiger partial charge in [0.2, 0.25) is 11.8 Å². The number of aromatic nitrogens is 2. The monoisotopic (exact) mass is 296 g/mol. The van der Waals surface area contributed by atoms with Gasteiger partial charge in [-0.3, -0.25) is 4.79 Å². The third-order valence-corrected chi connectivity index (χ3v) is 4.06. The normalized spacial score (nSPS) is 26.4. The smallest absolute Gasteiger partial charge is 0.318 e. The van der Waals surface area contributed by atoms with Gasteiger partial charge in [-0.05, 0) is 12.8 Å². The maximum Gasteiger partial charge on any atom is 0.318 e. The van der Waals surface area contributed by atoms with E-state index in [4.69, 9.17) is 14.3 Å². The van der Waals surface area contributed by atoms with Gasteiger partial charge >= 0.3 is 6.01 Å². The number of carbonyl (C=O) groups excluding carboxylic acids is 1. The number of hydrogen-bond acceptors (Lipinski definition) is 7. The summed E-state index contributed by atoms with van der Waals surface area (Å²) in [6, 6.07) is 0.501. The summed E-state index contributed by atoms with van der Waals surface area (Å²) in [6.07, 6.45) is 1.81. The molecule has 3 heterocycles. The summed E-state index contributed by atoms with van der Waals surface area (Å²) in [4.78, 5) is 15.4. The summed E-state index contributed by atoms with van der Waals surface area (Å²) >= 11 is 0. The molecular formula is C13H20N4O4. The van der Waals surface area contributed by atoms with E-state index in [1.807, 2.05) is 4.90 Å². The van der Waals surface area contributed by atoms with Crippen molar-refractivity contribution < 1.29 is 19.1 Å². The summed E-state index contributed by atoms with van der Waals surface area (Å²) in [5, 5.41) is 16.9. The van der Waals surface area contributed by atoms with Gasteiger partial charge in [0.25, 0.3) is 0 Å². The second-order valence-corrected chi connectivity index (χ2v) is 5.63. The van der Waals surface area contributed by atoms with Crippen molar-refractivity contribution in [3.63, 3.8) is 0 Å². The second kappa shape index (κ2) is 5.61. The Kier molecular flexibility index (Phi) is 3.81. The lowest BCUT2D eigenvalue weighted by Crippen LogP contribution is -2.61. The average molecular weight is 296 g/mol. The van der Waals surface area contributed by atoms with Crippen molar-refractivity contribution in [2.24, 2.45) is 0 Å². The van der Waals surface area contributed by atoms with E-state index in [9.17, 15) is 4.79 Å². The lowest BCUT2D eigenvalue weighted by Gasteiger charge is -2.47. The Hall–Kier alpha value is -1.67. The molecular weight excluding hydrogens is 276 g/mol. The van der Waals surface area contributed by atoms with Crippen LogP contribution in [0.15, 0.2) is 4.42 Å². The molecule has 1 atom stereocenters. The first-order chi connectivity index (χ1) is 10.1. The fourth-order valence-electron chi connectivity index (χ4n) is 3.08. The molecule has 2 fully saturated rings. The van der Waals surface area contributed by atoms with Gasteiger partial charge in [-0.15, -0.1) is 5.10 Å². The third kappa shape index (κ3) is 2.86. The van der Waals surface area contributed by atoms with E-state index in [-0.39, 0.29) is 5.91 Å². The molecule has 1 N–H and O–H groups in total. The zero-order valence-electron chi connectivity index (χ0n) is 12.1. The Balaban J connectivity index is 1.73. The average Bonchev–Trinajstić information content (AvgIpc) is 2.93. The van der Waals surface area contributed by atoms with Crippen LogP contribution in [-0.2, 0) is 9.53 Å². The number of amides is 1. The minimum Gasteiger partial charge on any atom is -0.408 e. The highest BCUT2D eigenvalue weighted by atomic mass is 16.5. The van der Waals surface area contributed by atoms with E-state index in [1.165, 1.54) is 0 Å². The molecule has 0 bridgehead atoms.